The molecule has 0 radical (unpaired) electrons. The minimum atomic E-state index is -0.439. The number of aliphatic hydroxyl groups is 1. The first-order valence-corrected chi connectivity index (χ1v) is 6.84. The predicted octanol–water partition coefficient (Wildman–Crippen LogP) is 3.98. The molecule has 0 spiro atoms. The molecule has 0 heterocycles. The van der Waals surface area contributed by atoms with Crippen molar-refractivity contribution in [1.82, 2.24) is 0 Å². The molecule has 2 nitrogen and oxygen atoms in total. The molecule has 0 saturated heterocycles. The topological polar surface area (TPSA) is 23.5 Å². The summed E-state index contributed by atoms with van der Waals surface area (Å²) in [6.45, 7) is 8.45. The van der Waals surface area contributed by atoms with E-state index in [1.807, 2.05) is 6.07 Å². The second kappa shape index (κ2) is 5.87. The van der Waals surface area contributed by atoms with Crippen LogP contribution in [0.15, 0.2) is 22.7 Å². The molecular weight excluding hydrogens is 278 g/mol. The molecule has 0 amide bonds. The summed E-state index contributed by atoms with van der Waals surface area (Å²) >= 11 is 3.52. The Balaban J connectivity index is 2.97. The largest absolute Gasteiger partial charge is 0.389 e. The number of benzene rings is 1. The van der Waals surface area contributed by atoms with E-state index in [1.165, 1.54) is 5.69 Å². The van der Waals surface area contributed by atoms with Gasteiger partial charge in [0.1, 0.15) is 0 Å². The minimum Gasteiger partial charge on any atom is -0.389 e. The standard InChI is InChI=1S/C14H22BrNO/c1-9(2)10(3)16(5)12-6-7-13(11(4)17)14(15)8-12/h6-11,17H,1-5H3/t10?,11-/m1/s1. The van der Waals surface area contributed by atoms with Crippen molar-refractivity contribution in [2.45, 2.75) is 39.8 Å². The molecule has 2 atom stereocenters. The molecule has 0 aliphatic carbocycles. The van der Waals surface area contributed by atoms with Crippen LogP contribution in [0.5, 0.6) is 0 Å². The van der Waals surface area contributed by atoms with Gasteiger partial charge in [-0.3, -0.25) is 0 Å². The van der Waals surface area contributed by atoms with Crippen LogP contribution < -0.4 is 4.90 Å². The maximum Gasteiger partial charge on any atom is 0.0772 e. The first kappa shape index (κ1) is 14.5. The quantitative estimate of drug-likeness (QED) is 0.909. The number of nitrogens with zero attached hydrogens (tertiary/aromatic N) is 1. The van der Waals surface area contributed by atoms with E-state index in [9.17, 15) is 5.11 Å². The first-order chi connectivity index (χ1) is 7.84. The van der Waals surface area contributed by atoms with Gasteiger partial charge in [0.25, 0.3) is 0 Å². The number of anilines is 1. The van der Waals surface area contributed by atoms with Gasteiger partial charge in [0, 0.05) is 23.2 Å². The summed E-state index contributed by atoms with van der Waals surface area (Å²) in [4.78, 5) is 2.27. The van der Waals surface area contributed by atoms with Crippen LogP contribution in [0.3, 0.4) is 0 Å². The minimum absolute atomic E-state index is 0.439. The summed E-state index contributed by atoms with van der Waals surface area (Å²) in [5, 5.41) is 9.59. The third-order valence-electron chi connectivity index (χ3n) is 3.42. The van der Waals surface area contributed by atoms with E-state index in [1.54, 1.807) is 6.92 Å². The second-order valence-electron chi connectivity index (χ2n) is 4.98. The van der Waals surface area contributed by atoms with Crippen molar-refractivity contribution in [2.24, 2.45) is 5.92 Å². The zero-order valence-corrected chi connectivity index (χ0v) is 12.8. The van der Waals surface area contributed by atoms with Gasteiger partial charge in [-0.25, -0.2) is 0 Å². The SMILES string of the molecule is CC(C)C(C)N(C)c1ccc([C@@H](C)O)c(Br)c1. The van der Waals surface area contributed by atoms with Gasteiger partial charge in [0.2, 0.25) is 0 Å². The van der Waals surface area contributed by atoms with Crippen molar-refractivity contribution in [2.75, 3.05) is 11.9 Å². The van der Waals surface area contributed by atoms with Gasteiger partial charge in [-0.15, -0.1) is 0 Å². The van der Waals surface area contributed by atoms with Crippen LogP contribution in [-0.4, -0.2) is 18.2 Å². The molecule has 96 valence electrons. The van der Waals surface area contributed by atoms with Crippen molar-refractivity contribution < 1.29 is 5.11 Å². The molecule has 0 aromatic heterocycles. The summed E-state index contributed by atoms with van der Waals surface area (Å²) in [7, 11) is 2.11. The number of aliphatic hydroxyl groups excluding tert-OH is 1. The van der Waals surface area contributed by atoms with Crippen LogP contribution in [0.4, 0.5) is 5.69 Å². The lowest BCUT2D eigenvalue weighted by atomic mass is 10.0. The van der Waals surface area contributed by atoms with Crippen LogP contribution in [0.1, 0.15) is 39.4 Å². The smallest absolute Gasteiger partial charge is 0.0772 e. The average Bonchev–Trinajstić information content (AvgIpc) is 2.26. The highest BCUT2D eigenvalue weighted by atomic mass is 79.9. The summed E-state index contributed by atoms with van der Waals surface area (Å²) < 4.78 is 0.966. The fourth-order valence-electron chi connectivity index (χ4n) is 1.76. The van der Waals surface area contributed by atoms with E-state index in [0.717, 1.165) is 10.0 Å². The Labute approximate surface area is 113 Å². The molecule has 0 fully saturated rings. The van der Waals surface area contributed by atoms with Crippen molar-refractivity contribution in [1.29, 1.82) is 0 Å². The Morgan fingerprint density at radius 2 is 1.76 bits per heavy atom. The molecule has 1 aromatic rings. The van der Waals surface area contributed by atoms with Crippen LogP contribution >= 0.6 is 15.9 Å². The molecule has 17 heavy (non-hydrogen) atoms. The van der Waals surface area contributed by atoms with Gasteiger partial charge >= 0.3 is 0 Å². The van der Waals surface area contributed by atoms with Gasteiger partial charge in [-0.2, -0.15) is 0 Å². The van der Waals surface area contributed by atoms with Gasteiger partial charge < -0.3 is 10.0 Å². The molecular formula is C14H22BrNO. The van der Waals surface area contributed by atoms with Gasteiger partial charge in [-0.05, 0) is 37.5 Å². The molecule has 0 saturated carbocycles. The van der Waals surface area contributed by atoms with Crippen LogP contribution in [0.25, 0.3) is 0 Å². The maximum absolute atomic E-state index is 9.59. The molecule has 0 aliphatic rings. The summed E-state index contributed by atoms with van der Waals surface area (Å²) in [6.07, 6.45) is -0.439. The van der Waals surface area contributed by atoms with Gasteiger partial charge in [0.05, 0.1) is 6.10 Å². The van der Waals surface area contributed by atoms with Crippen molar-refractivity contribution in [3.63, 3.8) is 0 Å². The highest BCUT2D eigenvalue weighted by Gasteiger charge is 2.15. The molecule has 0 aliphatic heterocycles. The molecule has 1 rings (SSSR count). The lowest BCUT2D eigenvalue weighted by Gasteiger charge is -2.30. The predicted molar refractivity (Wildman–Crippen MR) is 77.5 cm³/mol. The second-order valence-corrected chi connectivity index (χ2v) is 5.83. The molecule has 0 bridgehead atoms. The number of hydrogen-bond acceptors (Lipinski definition) is 2. The Hall–Kier alpha value is -0.540. The summed E-state index contributed by atoms with van der Waals surface area (Å²) in [5.41, 5.74) is 2.10. The van der Waals surface area contributed by atoms with E-state index in [2.05, 4.69) is 60.8 Å². The molecule has 1 aromatic carbocycles. The molecule has 1 unspecified atom stereocenters. The molecule has 1 N–H and O–H groups in total. The highest BCUT2D eigenvalue weighted by Crippen LogP contribution is 2.29. The zero-order valence-electron chi connectivity index (χ0n) is 11.2. The first-order valence-electron chi connectivity index (χ1n) is 6.05. The van der Waals surface area contributed by atoms with Crippen LogP contribution in [0.2, 0.25) is 0 Å². The third kappa shape index (κ3) is 3.46. The summed E-state index contributed by atoms with van der Waals surface area (Å²) in [6, 6.07) is 6.60. The van der Waals surface area contributed by atoms with Crippen molar-refractivity contribution in [3.8, 4) is 0 Å². The Bertz CT molecular complexity index is 376. The van der Waals surface area contributed by atoms with E-state index in [4.69, 9.17) is 0 Å². The normalized spacial score (nSPS) is 14.8. The van der Waals surface area contributed by atoms with E-state index >= 15 is 0 Å². The Morgan fingerprint density at radius 3 is 2.18 bits per heavy atom. The lowest BCUT2D eigenvalue weighted by molar-refractivity contribution is 0.198. The van der Waals surface area contributed by atoms with E-state index < -0.39 is 6.10 Å². The Morgan fingerprint density at radius 1 is 1.18 bits per heavy atom. The average molecular weight is 300 g/mol. The van der Waals surface area contributed by atoms with Crippen LogP contribution in [0, 0.1) is 5.92 Å². The third-order valence-corrected chi connectivity index (χ3v) is 4.10. The monoisotopic (exact) mass is 299 g/mol. The van der Waals surface area contributed by atoms with Crippen molar-refractivity contribution in [3.05, 3.63) is 28.2 Å². The van der Waals surface area contributed by atoms with Crippen molar-refractivity contribution >= 4 is 21.6 Å². The maximum atomic E-state index is 9.59. The zero-order chi connectivity index (χ0) is 13.2. The Kier molecular flexibility index (Phi) is 5.02. The van der Waals surface area contributed by atoms with Gasteiger partial charge in [-0.1, -0.05) is 35.8 Å². The molecule has 3 heteroatoms. The number of rotatable bonds is 4. The fraction of sp³-hybridized carbons (Fsp3) is 0.571. The lowest BCUT2D eigenvalue weighted by Crippen LogP contribution is -2.33. The van der Waals surface area contributed by atoms with Gasteiger partial charge in [0.15, 0.2) is 0 Å². The van der Waals surface area contributed by atoms with E-state index in [0.29, 0.717) is 12.0 Å². The fourth-order valence-corrected chi connectivity index (χ4v) is 2.45. The van der Waals surface area contributed by atoms with Crippen LogP contribution in [-0.2, 0) is 0 Å². The number of halogens is 1. The summed E-state index contributed by atoms with van der Waals surface area (Å²) in [5.74, 6) is 0.607. The highest BCUT2D eigenvalue weighted by molar-refractivity contribution is 9.10. The van der Waals surface area contributed by atoms with E-state index in [-0.39, 0.29) is 0 Å². The number of hydrogen-bond donors (Lipinski definition) is 1.